The van der Waals surface area contributed by atoms with Crippen LogP contribution < -0.4 is 10.6 Å². The molecule has 0 unspecified atom stereocenters. The molecule has 0 aromatic heterocycles. The standard InChI is InChI=1S/C15H12BrFN2OS/c1-19(12-8-3-2-5-9(12)14(18)21)15(20)13-10(16)6-4-7-11(13)17/h2-8H,1H3,(H2,18,21). The third kappa shape index (κ3) is 3.11. The molecule has 0 heterocycles. The molecule has 108 valence electrons. The first kappa shape index (κ1) is 15.6. The van der Waals surface area contributed by atoms with E-state index in [0.29, 0.717) is 15.7 Å². The molecule has 2 aromatic rings. The lowest BCUT2D eigenvalue weighted by molar-refractivity contribution is 0.0988. The first-order valence-corrected chi connectivity index (χ1v) is 7.24. The summed E-state index contributed by atoms with van der Waals surface area (Å²) in [5.74, 6) is -1.07. The molecule has 0 saturated heterocycles. The Balaban J connectivity index is 2.48. The van der Waals surface area contributed by atoms with E-state index < -0.39 is 11.7 Å². The largest absolute Gasteiger partial charge is 0.389 e. The van der Waals surface area contributed by atoms with Gasteiger partial charge in [0.2, 0.25) is 0 Å². The molecule has 0 aliphatic carbocycles. The Hall–Kier alpha value is -1.79. The lowest BCUT2D eigenvalue weighted by atomic mass is 10.1. The second-order valence-electron chi connectivity index (χ2n) is 4.34. The number of amides is 1. The third-order valence-corrected chi connectivity index (χ3v) is 3.89. The Bertz CT molecular complexity index is 700. The zero-order valence-electron chi connectivity index (χ0n) is 11.1. The van der Waals surface area contributed by atoms with Crippen molar-refractivity contribution in [1.29, 1.82) is 0 Å². The highest BCUT2D eigenvalue weighted by molar-refractivity contribution is 9.10. The van der Waals surface area contributed by atoms with Crippen molar-refractivity contribution in [2.45, 2.75) is 0 Å². The summed E-state index contributed by atoms with van der Waals surface area (Å²) in [6, 6.07) is 11.3. The van der Waals surface area contributed by atoms with E-state index in [0.717, 1.165) is 0 Å². The number of para-hydroxylation sites is 1. The molecule has 2 N–H and O–H groups in total. The minimum atomic E-state index is -0.589. The Morgan fingerprint density at radius 1 is 1.24 bits per heavy atom. The van der Waals surface area contributed by atoms with Crippen molar-refractivity contribution in [1.82, 2.24) is 0 Å². The molecule has 2 rings (SSSR count). The maximum Gasteiger partial charge on any atom is 0.262 e. The minimum Gasteiger partial charge on any atom is -0.389 e. The molecule has 0 radical (unpaired) electrons. The molecular formula is C15H12BrFN2OS. The van der Waals surface area contributed by atoms with Gasteiger partial charge in [0.1, 0.15) is 10.8 Å². The number of nitrogens with two attached hydrogens (primary N) is 1. The third-order valence-electron chi connectivity index (χ3n) is 3.01. The molecule has 2 aromatic carbocycles. The molecular weight excluding hydrogens is 355 g/mol. The summed E-state index contributed by atoms with van der Waals surface area (Å²) in [5.41, 5.74) is 6.73. The number of halogens is 2. The van der Waals surface area contributed by atoms with E-state index in [-0.39, 0.29) is 10.6 Å². The maximum absolute atomic E-state index is 13.9. The number of rotatable bonds is 3. The van der Waals surface area contributed by atoms with Gasteiger partial charge in [-0.05, 0) is 40.2 Å². The van der Waals surface area contributed by atoms with Crippen LogP contribution in [0.3, 0.4) is 0 Å². The first-order valence-electron chi connectivity index (χ1n) is 6.04. The van der Waals surface area contributed by atoms with Gasteiger partial charge in [0, 0.05) is 17.1 Å². The van der Waals surface area contributed by atoms with Crippen LogP contribution in [0.5, 0.6) is 0 Å². The molecule has 0 aliphatic heterocycles. The van der Waals surface area contributed by atoms with Gasteiger partial charge in [-0.2, -0.15) is 0 Å². The van der Waals surface area contributed by atoms with E-state index in [1.165, 1.54) is 17.0 Å². The normalized spacial score (nSPS) is 10.2. The van der Waals surface area contributed by atoms with E-state index in [1.54, 1.807) is 37.4 Å². The van der Waals surface area contributed by atoms with Crippen molar-refractivity contribution in [3.8, 4) is 0 Å². The van der Waals surface area contributed by atoms with E-state index in [2.05, 4.69) is 15.9 Å². The lowest BCUT2D eigenvalue weighted by Gasteiger charge is -2.21. The van der Waals surface area contributed by atoms with Crippen molar-refractivity contribution in [2.75, 3.05) is 11.9 Å². The topological polar surface area (TPSA) is 46.3 Å². The lowest BCUT2D eigenvalue weighted by Crippen LogP contribution is -2.29. The fourth-order valence-electron chi connectivity index (χ4n) is 1.95. The Labute approximate surface area is 135 Å². The summed E-state index contributed by atoms with van der Waals surface area (Å²) < 4.78 is 14.3. The van der Waals surface area contributed by atoms with Crippen LogP contribution in [-0.2, 0) is 0 Å². The number of anilines is 1. The number of nitrogens with zero attached hydrogens (tertiary/aromatic N) is 1. The first-order chi connectivity index (χ1) is 9.93. The van der Waals surface area contributed by atoms with Crippen LogP contribution in [0.25, 0.3) is 0 Å². The Morgan fingerprint density at radius 3 is 2.52 bits per heavy atom. The smallest absolute Gasteiger partial charge is 0.262 e. The second-order valence-corrected chi connectivity index (χ2v) is 5.64. The summed E-state index contributed by atoms with van der Waals surface area (Å²) in [7, 11) is 1.55. The highest BCUT2D eigenvalue weighted by Gasteiger charge is 2.22. The molecule has 0 spiro atoms. The van der Waals surface area contributed by atoms with Gasteiger partial charge in [-0.3, -0.25) is 4.79 Å². The van der Waals surface area contributed by atoms with Gasteiger partial charge < -0.3 is 10.6 Å². The SMILES string of the molecule is CN(C(=O)c1c(F)cccc1Br)c1ccccc1C(N)=S. The summed E-state index contributed by atoms with van der Waals surface area (Å²) in [6.07, 6.45) is 0. The van der Waals surface area contributed by atoms with Gasteiger partial charge in [0.05, 0.1) is 11.3 Å². The van der Waals surface area contributed by atoms with Crippen LogP contribution >= 0.6 is 28.1 Å². The zero-order chi connectivity index (χ0) is 15.6. The number of hydrogen-bond donors (Lipinski definition) is 1. The molecule has 0 saturated carbocycles. The zero-order valence-corrected chi connectivity index (χ0v) is 13.5. The van der Waals surface area contributed by atoms with Crippen LogP contribution in [0, 0.1) is 5.82 Å². The van der Waals surface area contributed by atoms with Crippen molar-refractivity contribution in [3.05, 3.63) is 63.9 Å². The summed E-state index contributed by atoms with van der Waals surface area (Å²) in [5, 5.41) is 0. The van der Waals surface area contributed by atoms with Crippen molar-refractivity contribution in [2.24, 2.45) is 5.73 Å². The number of thiocarbonyl (C=S) groups is 1. The molecule has 21 heavy (non-hydrogen) atoms. The molecule has 0 fully saturated rings. The number of hydrogen-bond acceptors (Lipinski definition) is 2. The van der Waals surface area contributed by atoms with E-state index in [1.807, 2.05) is 0 Å². The van der Waals surface area contributed by atoms with E-state index >= 15 is 0 Å². The molecule has 0 atom stereocenters. The maximum atomic E-state index is 13.9. The fourth-order valence-corrected chi connectivity index (χ4v) is 2.64. The Kier molecular flexibility index (Phi) is 4.69. The minimum absolute atomic E-state index is 0.0299. The highest BCUT2D eigenvalue weighted by Crippen LogP contribution is 2.25. The second kappa shape index (κ2) is 6.32. The molecule has 1 amide bonds. The molecule has 6 heteroatoms. The summed E-state index contributed by atoms with van der Waals surface area (Å²) in [4.78, 5) is 14.0. The van der Waals surface area contributed by atoms with Gasteiger partial charge in [-0.1, -0.05) is 30.4 Å². The molecule has 3 nitrogen and oxygen atoms in total. The van der Waals surface area contributed by atoms with Crippen LogP contribution in [0.1, 0.15) is 15.9 Å². The van der Waals surface area contributed by atoms with Crippen LogP contribution in [-0.4, -0.2) is 17.9 Å². The average molecular weight is 367 g/mol. The monoisotopic (exact) mass is 366 g/mol. The highest BCUT2D eigenvalue weighted by atomic mass is 79.9. The Morgan fingerprint density at radius 2 is 1.90 bits per heavy atom. The van der Waals surface area contributed by atoms with E-state index in [4.69, 9.17) is 18.0 Å². The van der Waals surface area contributed by atoms with Crippen LogP contribution in [0.2, 0.25) is 0 Å². The van der Waals surface area contributed by atoms with Gasteiger partial charge in [0.25, 0.3) is 5.91 Å². The van der Waals surface area contributed by atoms with Gasteiger partial charge in [0.15, 0.2) is 0 Å². The predicted octanol–water partition coefficient (Wildman–Crippen LogP) is 3.50. The average Bonchev–Trinajstić information content (AvgIpc) is 2.46. The van der Waals surface area contributed by atoms with Crippen molar-refractivity contribution < 1.29 is 9.18 Å². The summed E-state index contributed by atoms with van der Waals surface area (Å²) >= 11 is 8.18. The van der Waals surface area contributed by atoms with Crippen LogP contribution in [0.4, 0.5) is 10.1 Å². The van der Waals surface area contributed by atoms with E-state index in [9.17, 15) is 9.18 Å². The summed E-state index contributed by atoms with van der Waals surface area (Å²) in [6.45, 7) is 0. The number of carbonyl (C=O) groups excluding carboxylic acids is 1. The van der Waals surface area contributed by atoms with Gasteiger partial charge in [-0.15, -0.1) is 0 Å². The molecule has 0 aliphatic rings. The van der Waals surface area contributed by atoms with Crippen LogP contribution in [0.15, 0.2) is 46.9 Å². The van der Waals surface area contributed by atoms with Crippen molar-refractivity contribution in [3.63, 3.8) is 0 Å². The molecule has 0 bridgehead atoms. The number of benzene rings is 2. The predicted molar refractivity (Wildman–Crippen MR) is 89.2 cm³/mol. The van der Waals surface area contributed by atoms with Crippen molar-refractivity contribution >= 4 is 44.7 Å². The van der Waals surface area contributed by atoms with Gasteiger partial charge in [-0.25, -0.2) is 4.39 Å². The quantitative estimate of drug-likeness (QED) is 0.845. The van der Waals surface area contributed by atoms with Gasteiger partial charge >= 0.3 is 0 Å². The fraction of sp³-hybridized carbons (Fsp3) is 0.0667. The number of carbonyl (C=O) groups is 1.